The van der Waals surface area contributed by atoms with Gasteiger partial charge in [-0.2, -0.15) is 0 Å². The zero-order chi connectivity index (χ0) is 12.6. The highest BCUT2D eigenvalue weighted by molar-refractivity contribution is 6.49. The Morgan fingerprint density at radius 3 is 2.35 bits per heavy atom. The Labute approximate surface area is 119 Å². The van der Waals surface area contributed by atoms with Gasteiger partial charge in [0.15, 0.2) is 0 Å². The van der Waals surface area contributed by atoms with Crippen molar-refractivity contribution in [2.75, 3.05) is 7.11 Å². The van der Waals surface area contributed by atoms with E-state index in [0.717, 1.165) is 0 Å². The molecule has 2 nitrogen and oxygen atoms in total. The van der Waals surface area contributed by atoms with Gasteiger partial charge in [0.2, 0.25) is 0 Å². The summed E-state index contributed by atoms with van der Waals surface area (Å²) in [6.45, 7) is 0. The van der Waals surface area contributed by atoms with Crippen LogP contribution in [0.4, 0.5) is 0 Å². The fourth-order valence-electron chi connectivity index (χ4n) is 1.49. The van der Waals surface area contributed by atoms with Crippen molar-refractivity contribution < 1.29 is 4.74 Å². The monoisotopic (exact) mass is 309 g/mol. The van der Waals surface area contributed by atoms with Gasteiger partial charge in [-0.25, -0.2) is 0 Å². The summed E-state index contributed by atoms with van der Waals surface area (Å²) in [5.41, 5.74) is 0.568. The summed E-state index contributed by atoms with van der Waals surface area (Å²) < 4.78 is 6.91. The van der Waals surface area contributed by atoms with Gasteiger partial charge in [0.25, 0.3) is 0 Å². The smallest absolute Gasteiger partial charge is 0.146 e. The van der Waals surface area contributed by atoms with E-state index in [0.29, 0.717) is 26.6 Å². The zero-order valence-corrected chi connectivity index (χ0v) is 11.7. The lowest BCUT2D eigenvalue weighted by atomic mass is 10.3. The van der Waals surface area contributed by atoms with Crippen LogP contribution in [0.15, 0.2) is 24.4 Å². The van der Waals surface area contributed by atoms with Gasteiger partial charge in [0.1, 0.15) is 16.6 Å². The first kappa shape index (κ1) is 12.9. The predicted molar refractivity (Wildman–Crippen MR) is 72.4 cm³/mol. The van der Waals surface area contributed by atoms with E-state index in [1.54, 1.807) is 29.0 Å². The lowest BCUT2D eigenvalue weighted by Gasteiger charge is -2.14. The number of hydrogen-bond donors (Lipinski definition) is 0. The van der Waals surface area contributed by atoms with Crippen LogP contribution < -0.4 is 4.74 Å². The first-order chi connectivity index (χ1) is 8.06. The summed E-state index contributed by atoms with van der Waals surface area (Å²) in [5.74, 6) is 0.502. The normalized spacial score (nSPS) is 10.6. The van der Waals surface area contributed by atoms with Gasteiger partial charge in [0.05, 0.1) is 22.2 Å². The van der Waals surface area contributed by atoms with Gasteiger partial charge in [-0.15, -0.1) is 0 Å². The van der Waals surface area contributed by atoms with Gasteiger partial charge in [0, 0.05) is 12.3 Å². The maximum absolute atomic E-state index is 6.17. The second-order valence-electron chi connectivity index (χ2n) is 3.24. The molecular weight excluding hydrogens is 304 g/mol. The van der Waals surface area contributed by atoms with Crippen molar-refractivity contribution in [2.24, 2.45) is 0 Å². The molecule has 0 saturated carbocycles. The van der Waals surface area contributed by atoms with E-state index in [9.17, 15) is 0 Å². The maximum Gasteiger partial charge on any atom is 0.146 e. The Morgan fingerprint density at radius 2 is 1.82 bits per heavy atom. The Balaban J connectivity index is 2.76. The van der Waals surface area contributed by atoms with Gasteiger partial charge < -0.3 is 9.30 Å². The van der Waals surface area contributed by atoms with E-state index in [-0.39, 0.29) is 5.02 Å². The van der Waals surface area contributed by atoms with Crippen LogP contribution in [-0.2, 0) is 0 Å². The molecule has 0 fully saturated rings. The molecule has 1 heterocycles. The van der Waals surface area contributed by atoms with Crippen molar-refractivity contribution >= 4 is 46.4 Å². The summed E-state index contributed by atoms with van der Waals surface area (Å²) in [4.78, 5) is 0. The van der Waals surface area contributed by atoms with Crippen LogP contribution in [-0.4, -0.2) is 11.7 Å². The first-order valence-electron chi connectivity index (χ1n) is 4.61. The van der Waals surface area contributed by atoms with Crippen LogP contribution in [0.1, 0.15) is 0 Å². The average molecular weight is 311 g/mol. The number of ether oxygens (including phenoxy) is 1. The highest BCUT2D eigenvalue weighted by atomic mass is 35.5. The van der Waals surface area contributed by atoms with E-state index in [1.807, 2.05) is 0 Å². The molecule has 0 amide bonds. The number of benzene rings is 1. The van der Waals surface area contributed by atoms with Crippen molar-refractivity contribution in [3.8, 4) is 11.4 Å². The van der Waals surface area contributed by atoms with Crippen molar-refractivity contribution in [1.82, 2.24) is 4.57 Å². The quantitative estimate of drug-likeness (QED) is 0.704. The summed E-state index contributed by atoms with van der Waals surface area (Å²) in [7, 11) is 1.52. The second-order valence-corrected chi connectivity index (χ2v) is 4.79. The molecule has 0 unspecified atom stereocenters. The van der Waals surface area contributed by atoms with Gasteiger partial charge >= 0.3 is 0 Å². The Hall–Kier alpha value is -0.540. The number of methoxy groups -OCH3 is 1. The van der Waals surface area contributed by atoms with Crippen LogP contribution in [0.2, 0.25) is 20.2 Å². The molecule has 0 aliphatic heterocycles. The van der Waals surface area contributed by atoms with E-state index >= 15 is 0 Å². The van der Waals surface area contributed by atoms with E-state index in [1.165, 1.54) is 7.11 Å². The third-order valence-corrected chi connectivity index (χ3v) is 3.82. The molecule has 1 aromatic carbocycles. The number of nitrogens with zero attached hydrogens (tertiary/aromatic N) is 1. The standard InChI is InChI=1S/C11H7Cl4NO/c1-17-7-5-6(12)9(14)10(15)11(7)16-4-2-3-8(16)13/h2-5H,1H3. The molecule has 0 radical (unpaired) electrons. The molecule has 0 N–H and O–H groups in total. The predicted octanol–water partition coefficient (Wildman–Crippen LogP) is 5.10. The third-order valence-electron chi connectivity index (χ3n) is 2.26. The summed E-state index contributed by atoms with van der Waals surface area (Å²) in [5, 5.41) is 1.41. The van der Waals surface area contributed by atoms with Gasteiger partial charge in [-0.1, -0.05) is 46.4 Å². The molecule has 0 saturated heterocycles. The molecule has 0 aliphatic rings. The van der Waals surface area contributed by atoms with Gasteiger partial charge in [-0.05, 0) is 12.1 Å². The van der Waals surface area contributed by atoms with Crippen LogP contribution >= 0.6 is 46.4 Å². The molecule has 0 atom stereocenters. The molecule has 17 heavy (non-hydrogen) atoms. The maximum atomic E-state index is 6.17. The van der Waals surface area contributed by atoms with Crippen molar-refractivity contribution in [3.63, 3.8) is 0 Å². The number of aromatic nitrogens is 1. The molecule has 0 spiro atoms. The van der Waals surface area contributed by atoms with Crippen LogP contribution in [0.3, 0.4) is 0 Å². The second kappa shape index (κ2) is 4.99. The minimum absolute atomic E-state index is 0.272. The Kier molecular flexibility index (Phi) is 3.79. The number of halogens is 4. The fourth-order valence-corrected chi connectivity index (χ4v) is 2.37. The SMILES string of the molecule is COc1cc(Cl)c(Cl)c(Cl)c1-n1cccc1Cl. The Morgan fingerprint density at radius 1 is 1.12 bits per heavy atom. The minimum Gasteiger partial charge on any atom is -0.494 e. The first-order valence-corrected chi connectivity index (χ1v) is 6.12. The van der Waals surface area contributed by atoms with Gasteiger partial charge in [-0.3, -0.25) is 0 Å². The average Bonchev–Trinajstić information content (AvgIpc) is 2.72. The zero-order valence-electron chi connectivity index (χ0n) is 8.68. The summed E-state index contributed by atoms with van der Waals surface area (Å²) in [6, 6.07) is 5.13. The molecule has 0 bridgehead atoms. The van der Waals surface area contributed by atoms with E-state index < -0.39 is 0 Å². The molecule has 1 aromatic heterocycles. The largest absolute Gasteiger partial charge is 0.494 e. The molecule has 2 rings (SSSR count). The number of hydrogen-bond acceptors (Lipinski definition) is 1. The van der Waals surface area contributed by atoms with E-state index in [4.69, 9.17) is 51.1 Å². The van der Waals surface area contributed by atoms with Crippen molar-refractivity contribution in [1.29, 1.82) is 0 Å². The van der Waals surface area contributed by atoms with Crippen molar-refractivity contribution in [3.05, 3.63) is 44.6 Å². The molecular formula is C11H7Cl4NO. The molecule has 90 valence electrons. The lowest BCUT2D eigenvalue weighted by molar-refractivity contribution is 0.413. The van der Waals surface area contributed by atoms with Crippen LogP contribution in [0.25, 0.3) is 5.69 Å². The molecule has 6 heteroatoms. The van der Waals surface area contributed by atoms with E-state index in [2.05, 4.69) is 0 Å². The summed E-state index contributed by atoms with van der Waals surface area (Å²) in [6.07, 6.45) is 1.76. The Bertz CT molecular complexity index is 565. The summed E-state index contributed by atoms with van der Waals surface area (Å²) >= 11 is 24.1. The third kappa shape index (κ3) is 2.23. The topological polar surface area (TPSA) is 14.2 Å². The molecule has 2 aromatic rings. The number of rotatable bonds is 2. The lowest BCUT2D eigenvalue weighted by Crippen LogP contribution is -1.98. The highest BCUT2D eigenvalue weighted by Gasteiger charge is 2.18. The van der Waals surface area contributed by atoms with Crippen molar-refractivity contribution in [2.45, 2.75) is 0 Å². The van der Waals surface area contributed by atoms with Crippen LogP contribution in [0, 0.1) is 0 Å². The fraction of sp³-hybridized carbons (Fsp3) is 0.0909. The highest BCUT2D eigenvalue weighted by Crippen LogP contribution is 2.42. The van der Waals surface area contributed by atoms with Crippen LogP contribution in [0.5, 0.6) is 5.75 Å². The molecule has 0 aliphatic carbocycles. The minimum atomic E-state index is 0.272.